The van der Waals surface area contributed by atoms with E-state index in [1.807, 2.05) is 54.7 Å². The number of ether oxygens (including phenoxy) is 1. The molecule has 0 spiro atoms. The molecular formula is C14H12N3O+. The molecule has 0 aliphatic heterocycles. The number of pyridine rings is 1. The van der Waals surface area contributed by atoms with Crippen molar-refractivity contribution in [1.29, 1.82) is 0 Å². The van der Waals surface area contributed by atoms with E-state index < -0.39 is 0 Å². The van der Waals surface area contributed by atoms with Crippen LogP contribution in [0, 0.1) is 0 Å². The van der Waals surface area contributed by atoms with Crippen molar-refractivity contribution in [2.75, 3.05) is 7.11 Å². The van der Waals surface area contributed by atoms with Gasteiger partial charge in [-0.15, -0.1) is 0 Å². The Morgan fingerprint density at radius 3 is 2.56 bits per heavy atom. The largest absolute Gasteiger partial charge is 0.463 e. The van der Waals surface area contributed by atoms with Crippen molar-refractivity contribution < 1.29 is 9.25 Å². The van der Waals surface area contributed by atoms with Crippen LogP contribution in [0.2, 0.25) is 0 Å². The zero-order chi connectivity index (χ0) is 12.4. The number of aromatic nitrogens is 3. The van der Waals surface area contributed by atoms with E-state index in [4.69, 9.17) is 4.74 Å². The fraction of sp³-hybridized carbons (Fsp3) is 0.0714. The lowest BCUT2D eigenvalue weighted by molar-refractivity contribution is -0.582. The number of hydrogen-bond acceptors (Lipinski definition) is 3. The number of fused-ring (bicyclic) bond motifs is 1. The molecule has 3 aromatic rings. The SMILES string of the molecule is COc1nc(-c2ccccc2)c2cccc[n+]2n1. The Kier molecular flexibility index (Phi) is 2.61. The zero-order valence-corrected chi connectivity index (χ0v) is 9.95. The Bertz CT molecular complexity index is 683. The van der Waals surface area contributed by atoms with Gasteiger partial charge in [-0.25, -0.2) is 0 Å². The Morgan fingerprint density at radius 2 is 1.78 bits per heavy atom. The van der Waals surface area contributed by atoms with E-state index in [9.17, 15) is 0 Å². The first-order valence-corrected chi connectivity index (χ1v) is 5.66. The summed E-state index contributed by atoms with van der Waals surface area (Å²) in [5.41, 5.74) is 2.86. The van der Waals surface area contributed by atoms with Gasteiger partial charge in [-0.1, -0.05) is 30.3 Å². The highest BCUT2D eigenvalue weighted by Gasteiger charge is 2.16. The van der Waals surface area contributed by atoms with Crippen LogP contribution in [0.5, 0.6) is 6.01 Å². The summed E-state index contributed by atoms with van der Waals surface area (Å²) in [7, 11) is 1.57. The third kappa shape index (κ3) is 1.78. The molecule has 0 aliphatic carbocycles. The Labute approximate surface area is 105 Å². The van der Waals surface area contributed by atoms with Crippen molar-refractivity contribution >= 4 is 5.52 Å². The molecule has 0 amide bonds. The minimum Gasteiger partial charge on any atom is -0.463 e. The van der Waals surface area contributed by atoms with E-state index in [0.717, 1.165) is 16.8 Å². The summed E-state index contributed by atoms with van der Waals surface area (Å²) in [6.45, 7) is 0. The van der Waals surface area contributed by atoms with Gasteiger partial charge in [0.15, 0.2) is 5.69 Å². The van der Waals surface area contributed by atoms with Gasteiger partial charge in [0.05, 0.1) is 12.2 Å². The highest BCUT2D eigenvalue weighted by Crippen LogP contribution is 2.20. The van der Waals surface area contributed by atoms with Gasteiger partial charge < -0.3 is 4.74 Å². The summed E-state index contributed by atoms with van der Waals surface area (Å²) < 4.78 is 6.91. The molecule has 4 nitrogen and oxygen atoms in total. The molecule has 3 rings (SSSR count). The summed E-state index contributed by atoms with van der Waals surface area (Å²) >= 11 is 0. The smallest absolute Gasteiger partial charge is 0.380 e. The van der Waals surface area contributed by atoms with Crippen LogP contribution in [0.1, 0.15) is 0 Å². The lowest BCUT2D eigenvalue weighted by atomic mass is 10.1. The van der Waals surface area contributed by atoms with Gasteiger partial charge in [-0.05, 0) is 10.6 Å². The standard InChI is InChI=1S/C14H12N3O/c1-18-14-15-13(11-7-3-2-4-8-11)12-9-5-6-10-17(12)16-14/h2-10H,1H3/q+1. The second kappa shape index (κ2) is 4.41. The van der Waals surface area contributed by atoms with Crippen molar-refractivity contribution in [3.05, 3.63) is 54.7 Å². The normalized spacial score (nSPS) is 10.5. The molecule has 0 saturated carbocycles. The van der Waals surface area contributed by atoms with E-state index in [-0.39, 0.29) is 0 Å². The van der Waals surface area contributed by atoms with Crippen molar-refractivity contribution in [1.82, 2.24) is 10.1 Å². The fourth-order valence-corrected chi connectivity index (χ4v) is 1.87. The average Bonchev–Trinajstić information content (AvgIpc) is 2.47. The number of hydrogen-bond donors (Lipinski definition) is 0. The lowest BCUT2D eigenvalue weighted by Crippen LogP contribution is -2.28. The molecular weight excluding hydrogens is 226 g/mol. The van der Waals surface area contributed by atoms with Crippen LogP contribution in [-0.4, -0.2) is 17.2 Å². The maximum atomic E-state index is 5.14. The van der Waals surface area contributed by atoms with Gasteiger partial charge >= 0.3 is 6.01 Å². The monoisotopic (exact) mass is 238 g/mol. The molecule has 4 heteroatoms. The first kappa shape index (κ1) is 10.7. The predicted octanol–water partition coefficient (Wildman–Crippen LogP) is 1.89. The van der Waals surface area contributed by atoms with E-state index in [1.54, 1.807) is 11.6 Å². The molecule has 0 unspecified atom stereocenters. The van der Waals surface area contributed by atoms with E-state index >= 15 is 0 Å². The van der Waals surface area contributed by atoms with E-state index in [1.165, 1.54) is 0 Å². The van der Waals surface area contributed by atoms with Crippen molar-refractivity contribution in [3.63, 3.8) is 0 Å². The van der Waals surface area contributed by atoms with Crippen LogP contribution in [0.25, 0.3) is 16.8 Å². The van der Waals surface area contributed by atoms with Crippen LogP contribution in [0.4, 0.5) is 0 Å². The van der Waals surface area contributed by atoms with Crippen LogP contribution in [-0.2, 0) is 0 Å². The average molecular weight is 238 g/mol. The van der Waals surface area contributed by atoms with Gasteiger partial charge in [0, 0.05) is 17.7 Å². The first-order chi connectivity index (χ1) is 8.88. The second-order valence-electron chi connectivity index (χ2n) is 3.84. The van der Waals surface area contributed by atoms with Gasteiger partial charge in [0.2, 0.25) is 6.20 Å². The highest BCUT2D eigenvalue weighted by atomic mass is 16.5. The molecule has 0 bridgehead atoms. The molecule has 2 heterocycles. The topological polar surface area (TPSA) is 39.1 Å². The molecule has 0 radical (unpaired) electrons. The third-order valence-electron chi connectivity index (χ3n) is 2.71. The summed E-state index contributed by atoms with van der Waals surface area (Å²) in [6, 6.07) is 16.2. The molecule has 0 saturated heterocycles. The quantitative estimate of drug-likeness (QED) is 0.640. The minimum atomic E-state index is 0.359. The molecule has 88 valence electrons. The molecule has 0 aliphatic rings. The third-order valence-corrected chi connectivity index (χ3v) is 2.71. The van der Waals surface area contributed by atoms with Gasteiger partial charge in [0.1, 0.15) is 0 Å². The van der Waals surface area contributed by atoms with Gasteiger partial charge in [-0.3, -0.25) is 0 Å². The van der Waals surface area contributed by atoms with Crippen molar-refractivity contribution in [3.8, 4) is 17.3 Å². The van der Waals surface area contributed by atoms with Crippen molar-refractivity contribution in [2.45, 2.75) is 0 Å². The maximum Gasteiger partial charge on any atom is 0.380 e. The van der Waals surface area contributed by atoms with Gasteiger partial charge in [-0.2, -0.15) is 4.98 Å². The highest BCUT2D eigenvalue weighted by molar-refractivity contribution is 5.73. The van der Waals surface area contributed by atoms with Crippen LogP contribution in [0.3, 0.4) is 0 Å². The number of methoxy groups -OCH3 is 1. The van der Waals surface area contributed by atoms with E-state index in [0.29, 0.717) is 6.01 Å². The van der Waals surface area contributed by atoms with E-state index in [2.05, 4.69) is 10.1 Å². The van der Waals surface area contributed by atoms with Crippen LogP contribution < -0.4 is 9.25 Å². The number of rotatable bonds is 2. The molecule has 0 atom stereocenters. The molecule has 2 aromatic heterocycles. The first-order valence-electron chi connectivity index (χ1n) is 5.66. The second-order valence-corrected chi connectivity index (χ2v) is 3.84. The lowest BCUT2D eigenvalue weighted by Gasteiger charge is -2.01. The number of benzene rings is 1. The fourth-order valence-electron chi connectivity index (χ4n) is 1.87. The summed E-state index contributed by atoms with van der Waals surface area (Å²) in [6.07, 6.45) is 1.88. The summed E-state index contributed by atoms with van der Waals surface area (Å²) in [5, 5.41) is 4.26. The Hall–Kier alpha value is -2.49. The molecule has 18 heavy (non-hydrogen) atoms. The molecule has 0 N–H and O–H groups in total. The minimum absolute atomic E-state index is 0.359. The molecule has 1 aromatic carbocycles. The summed E-state index contributed by atoms with van der Waals surface area (Å²) in [4.78, 5) is 4.44. The molecule has 0 fully saturated rings. The predicted molar refractivity (Wildman–Crippen MR) is 67.2 cm³/mol. The number of nitrogens with zero attached hydrogens (tertiary/aromatic N) is 3. The Balaban J connectivity index is 2.33. The van der Waals surface area contributed by atoms with Crippen LogP contribution in [0.15, 0.2) is 54.7 Å². The van der Waals surface area contributed by atoms with Crippen LogP contribution >= 0.6 is 0 Å². The Morgan fingerprint density at radius 1 is 1.00 bits per heavy atom. The maximum absolute atomic E-state index is 5.14. The summed E-state index contributed by atoms with van der Waals surface area (Å²) in [5.74, 6) is 0. The van der Waals surface area contributed by atoms with Gasteiger partial charge in [0.25, 0.3) is 5.52 Å². The van der Waals surface area contributed by atoms with Crippen molar-refractivity contribution in [2.24, 2.45) is 0 Å². The zero-order valence-electron chi connectivity index (χ0n) is 9.95.